The molecule has 0 bridgehead atoms. The molecule has 0 radical (unpaired) electrons. The molecule has 0 heterocycles. The lowest BCUT2D eigenvalue weighted by molar-refractivity contribution is 0.639. The molecule has 0 atom stereocenters. The van der Waals surface area contributed by atoms with Gasteiger partial charge in [-0.1, -0.05) is 60.7 Å². The van der Waals surface area contributed by atoms with Crippen LogP contribution >= 0.6 is 0 Å². The first-order chi connectivity index (χ1) is 12.0. The Hall–Kier alpha value is -2.67. The minimum atomic E-state index is -0.126. The molecule has 0 aromatic heterocycles. The monoisotopic (exact) mass is 330 g/mol. The lowest BCUT2D eigenvalue weighted by Gasteiger charge is -2.05. The standard InChI is InChI=1S/C12H11F.C12H12/c1-8-6-7-9(2)12-10(8)4-3-5-11(12)13;1-9-7-8-10(2)12-6-4-3-5-11(9)12/h3-7H,1-2H3;3-8H,1-2H3. The van der Waals surface area contributed by atoms with E-state index < -0.39 is 0 Å². The number of fused-ring (bicyclic) bond motifs is 2. The van der Waals surface area contributed by atoms with Crippen LogP contribution in [0.3, 0.4) is 0 Å². The summed E-state index contributed by atoms with van der Waals surface area (Å²) < 4.78 is 13.4. The zero-order valence-corrected chi connectivity index (χ0v) is 15.2. The minimum absolute atomic E-state index is 0.126. The quantitative estimate of drug-likeness (QED) is 0.324. The van der Waals surface area contributed by atoms with E-state index in [0.29, 0.717) is 0 Å². The Labute approximate surface area is 148 Å². The summed E-state index contributed by atoms with van der Waals surface area (Å²) in [5.74, 6) is -0.126. The van der Waals surface area contributed by atoms with Crippen LogP contribution in [0.1, 0.15) is 22.3 Å². The van der Waals surface area contributed by atoms with Gasteiger partial charge in [-0.25, -0.2) is 4.39 Å². The van der Waals surface area contributed by atoms with Gasteiger partial charge in [0.05, 0.1) is 0 Å². The fourth-order valence-corrected chi connectivity index (χ4v) is 3.28. The van der Waals surface area contributed by atoms with E-state index >= 15 is 0 Å². The Morgan fingerprint density at radius 3 is 1.44 bits per heavy atom. The molecule has 1 heteroatoms. The van der Waals surface area contributed by atoms with Crippen LogP contribution in [0.15, 0.2) is 66.7 Å². The Morgan fingerprint density at radius 2 is 0.920 bits per heavy atom. The van der Waals surface area contributed by atoms with E-state index in [1.54, 1.807) is 6.07 Å². The van der Waals surface area contributed by atoms with Crippen LogP contribution in [0, 0.1) is 33.5 Å². The molecule has 0 fully saturated rings. The molecule has 126 valence electrons. The van der Waals surface area contributed by atoms with Crippen molar-refractivity contribution in [1.82, 2.24) is 0 Å². The number of aryl methyl sites for hydroxylation is 4. The molecule has 0 amide bonds. The Bertz CT molecular complexity index is 996. The van der Waals surface area contributed by atoms with Crippen LogP contribution in [0.25, 0.3) is 21.5 Å². The number of halogens is 1. The third-order valence-electron chi connectivity index (χ3n) is 4.78. The van der Waals surface area contributed by atoms with E-state index in [4.69, 9.17) is 0 Å². The zero-order valence-electron chi connectivity index (χ0n) is 15.2. The van der Waals surface area contributed by atoms with Crippen molar-refractivity contribution in [1.29, 1.82) is 0 Å². The summed E-state index contributed by atoms with van der Waals surface area (Å²) in [5.41, 5.74) is 4.84. The Kier molecular flexibility index (Phi) is 4.85. The smallest absolute Gasteiger partial charge is 0.131 e. The summed E-state index contributed by atoms with van der Waals surface area (Å²) in [5, 5.41) is 4.51. The molecule has 0 aliphatic heterocycles. The van der Waals surface area contributed by atoms with E-state index in [1.807, 2.05) is 32.0 Å². The van der Waals surface area contributed by atoms with Crippen molar-refractivity contribution in [2.24, 2.45) is 0 Å². The lowest BCUT2D eigenvalue weighted by atomic mass is 10.0. The van der Waals surface area contributed by atoms with Gasteiger partial charge in [0.15, 0.2) is 0 Å². The van der Waals surface area contributed by atoms with Gasteiger partial charge in [-0.15, -0.1) is 0 Å². The normalized spacial score (nSPS) is 10.6. The van der Waals surface area contributed by atoms with Crippen molar-refractivity contribution in [3.8, 4) is 0 Å². The molecule has 0 spiro atoms. The fourth-order valence-electron chi connectivity index (χ4n) is 3.28. The first-order valence-corrected chi connectivity index (χ1v) is 8.58. The molecule has 0 aliphatic carbocycles. The van der Waals surface area contributed by atoms with Crippen molar-refractivity contribution in [2.75, 3.05) is 0 Å². The molecule has 0 saturated carbocycles. The van der Waals surface area contributed by atoms with Crippen molar-refractivity contribution in [2.45, 2.75) is 27.7 Å². The van der Waals surface area contributed by atoms with Gasteiger partial charge in [0.25, 0.3) is 0 Å². The highest BCUT2D eigenvalue weighted by atomic mass is 19.1. The van der Waals surface area contributed by atoms with Crippen molar-refractivity contribution >= 4 is 21.5 Å². The maximum atomic E-state index is 13.4. The third-order valence-corrected chi connectivity index (χ3v) is 4.78. The van der Waals surface area contributed by atoms with Crippen LogP contribution in [0.2, 0.25) is 0 Å². The van der Waals surface area contributed by atoms with E-state index in [2.05, 4.69) is 50.2 Å². The number of benzene rings is 4. The number of hydrogen-bond acceptors (Lipinski definition) is 0. The average Bonchev–Trinajstić information content (AvgIpc) is 2.62. The van der Waals surface area contributed by atoms with Crippen LogP contribution in [-0.4, -0.2) is 0 Å². The fraction of sp³-hybridized carbons (Fsp3) is 0.167. The molecular weight excluding hydrogens is 307 g/mol. The van der Waals surface area contributed by atoms with Gasteiger partial charge in [-0.2, -0.15) is 0 Å². The van der Waals surface area contributed by atoms with E-state index in [9.17, 15) is 4.39 Å². The Morgan fingerprint density at radius 1 is 0.480 bits per heavy atom. The zero-order chi connectivity index (χ0) is 18.0. The predicted molar refractivity (Wildman–Crippen MR) is 107 cm³/mol. The second kappa shape index (κ2) is 7.06. The summed E-state index contributed by atoms with van der Waals surface area (Å²) in [7, 11) is 0. The van der Waals surface area contributed by atoms with Gasteiger partial charge in [0, 0.05) is 5.39 Å². The number of hydrogen-bond donors (Lipinski definition) is 0. The molecular formula is C24H23F. The van der Waals surface area contributed by atoms with Crippen LogP contribution in [0.5, 0.6) is 0 Å². The van der Waals surface area contributed by atoms with Gasteiger partial charge < -0.3 is 0 Å². The second-order valence-corrected chi connectivity index (χ2v) is 6.61. The highest BCUT2D eigenvalue weighted by Crippen LogP contribution is 2.24. The highest BCUT2D eigenvalue weighted by Gasteiger charge is 2.04. The molecule has 0 saturated heterocycles. The summed E-state index contributed by atoms with van der Waals surface area (Å²) in [6, 6.07) is 22.1. The molecule has 0 aliphatic rings. The Balaban J connectivity index is 0.000000146. The minimum Gasteiger partial charge on any atom is -0.206 e. The summed E-state index contributed by atoms with van der Waals surface area (Å²) in [4.78, 5) is 0. The predicted octanol–water partition coefficient (Wildman–Crippen LogP) is 7.05. The topological polar surface area (TPSA) is 0 Å². The molecule has 0 nitrogen and oxygen atoms in total. The maximum Gasteiger partial charge on any atom is 0.131 e. The summed E-state index contributed by atoms with van der Waals surface area (Å²) in [6.45, 7) is 8.25. The van der Waals surface area contributed by atoms with Gasteiger partial charge in [-0.05, 0) is 72.2 Å². The SMILES string of the molecule is Cc1ccc(C)c2c(F)cccc12.Cc1ccc(C)c2ccccc12. The molecule has 0 unspecified atom stereocenters. The van der Waals surface area contributed by atoms with Gasteiger partial charge in [-0.3, -0.25) is 0 Å². The van der Waals surface area contributed by atoms with E-state index in [1.165, 1.54) is 28.0 Å². The van der Waals surface area contributed by atoms with E-state index in [-0.39, 0.29) is 5.82 Å². The van der Waals surface area contributed by atoms with Crippen LogP contribution in [-0.2, 0) is 0 Å². The average molecular weight is 330 g/mol. The molecule has 4 aromatic rings. The largest absolute Gasteiger partial charge is 0.206 e. The maximum absolute atomic E-state index is 13.4. The second-order valence-electron chi connectivity index (χ2n) is 6.61. The molecule has 0 N–H and O–H groups in total. The van der Waals surface area contributed by atoms with Crippen LogP contribution < -0.4 is 0 Å². The summed E-state index contributed by atoms with van der Waals surface area (Å²) in [6.07, 6.45) is 0. The first kappa shape index (κ1) is 17.2. The first-order valence-electron chi connectivity index (χ1n) is 8.58. The highest BCUT2D eigenvalue weighted by molar-refractivity contribution is 5.89. The van der Waals surface area contributed by atoms with Gasteiger partial charge in [0.2, 0.25) is 0 Å². The summed E-state index contributed by atoms with van der Waals surface area (Å²) >= 11 is 0. The van der Waals surface area contributed by atoms with Crippen LogP contribution in [0.4, 0.5) is 4.39 Å². The van der Waals surface area contributed by atoms with E-state index in [0.717, 1.165) is 21.9 Å². The van der Waals surface area contributed by atoms with Crippen molar-refractivity contribution in [3.05, 3.63) is 94.8 Å². The van der Waals surface area contributed by atoms with Gasteiger partial charge >= 0.3 is 0 Å². The van der Waals surface area contributed by atoms with Gasteiger partial charge in [0.1, 0.15) is 5.82 Å². The van der Waals surface area contributed by atoms with Crippen molar-refractivity contribution < 1.29 is 4.39 Å². The third kappa shape index (κ3) is 3.41. The van der Waals surface area contributed by atoms with Crippen molar-refractivity contribution in [3.63, 3.8) is 0 Å². The number of rotatable bonds is 0. The molecule has 4 aromatic carbocycles. The molecule has 25 heavy (non-hydrogen) atoms. The molecule has 4 rings (SSSR count). The lowest BCUT2D eigenvalue weighted by Crippen LogP contribution is -1.86.